The van der Waals surface area contributed by atoms with Crippen LogP contribution in [0.4, 0.5) is 0 Å². The van der Waals surface area contributed by atoms with Crippen molar-refractivity contribution in [2.45, 2.75) is 12.5 Å². The molecule has 0 spiro atoms. The van der Waals surface area contributed by atoms with Crippen LogP contribution in [-0.4, -0.2) is 18.6 Å². The van der Waals surface area contributed by atoms with Crippen molar-refractivity contribution in [1.29, 1.82) is 0 Å². The molecule has 1 unspecified atom stereocenters. The lowest BCUT2D eigenvalue weighted by Gasteiger charge is -2.15. The maximum atomic E-state index is 7.17. The summed E-state index contributed by atoms with van der Waals surface area (Å²) in [5.74, 6) is 0.287. The van der Waals surface area contributed by atoms with Crippen molar-refractivity contribution >= 4 is 10.9 Å². The van der Waals surface area contributed by atoms with Crippen LogP contribution in [0.15, 0.2) is 54.6 Å². The number of nitrogens with two attached hydrogens (primary N) is 2. The van der Waals surface area contributed by atoms with Gasteiger partial charge in [0.1, 0.15) is 5.75 Å². The predicted molar refractivity (Wildman–Crippen MR) is 94.3 cm³/mol. The zero-order valence-corrected chi connectivity index (χ0v) is 12.7. The largest absolute Gasteiger partial charge is 0.497 e. The Morgan fingerprint density at radius 2 is 1.96 bits per heavy atom. The molecule has 0 saturated carbocycles. The first-order valence-corrected chi connectivity index (χ1v) is 7.52. The lowest BCUT2D eigenvalue weighted by atomic mass is 9.97. The Labute approximate surface area is 140 Å². The molecule has 0 bridgehead atoms. The highest BCUT2D eigenvalue weighted by Gasteiger charge is 2.13. The van der Waals surface area contributed by atoms with Gasteiger partial charge in [0.15, 0.2) is 0 Å². The average molecular weight is 310 g/mol. The summed E-state index contributed by atoms with van der Waals surface area (Å²) in [6.07, 6.45) is 0.679. The molecule has 0 aliphatic rings. The third-order valence-electron chi connectivity index (χ3n) is 3.89. The number of methoxy groups -OCH3 is 1. The summed E-state index contributed by atoms with van der Waals surface area (Å²) in [6, 6.07) is 16.5. The SMILES string of the molecule is [2H]C([2H])([2H])Oc1ccc(-c2cc(C(N)CCN)c3ccccc3n2)cc1. The number of fused-ring (bicyclic) bond motifs is 1. The molecule has 0 saturated heterocycles. The second-order valence-electron chi connectivity index (χ2n) is 5.42. The number of aromatic nitrogens is 1. The smallest absolute Gasteiger partial charge is 0.118 e. The molecular weight excluding hydrogens is 286 g/mol. The van der Waals surface area contributed by atoms with Crippen LogP contribution in [0.1, 0.15) is 22.1 Å². The molecule has 23 heavy (non-hydrogen) atoms. The molecule has 0 aliphatic heterocycles. The van der Waals surface area contributed by atoms with Crippen molar-refractivity contribution < 1.29 is 8.85 Å². The number of benzene rings is 2. The first-order chi connectivity index (χ1) is 12.4. The quantitative estimate of drug-likeness (QED) is 0.758. The van der Waals surface area contributed by atoms with Gasteiger partial charge in [0, 0.05) is 17.0 Å². The first-order valence-electron chi connectivity index (χ1n) is 9.02. The van der Waals surface area contributed by atoms with Gasteiger partial charge in [0.25, 0.3) is 0 Å². The van der Waals surface area contributed by atoms with Crippen LogP contribution in [0.25, 0.3) is 22.2 Å². The van der Waals surface area contributed by atoms with Gasteiger partial charge in [-0.2, -0.15) is 0 Å². The fourth-order valence-electron chi connectivity index (χ4n) is 2.69. The fourth-order valence-corrected chi connectivity index (χ4v) is 2.69. The summed E-state index contributed by atoms with van der Waals surface area (Å²) < 4.78 is 26.4. The number of nitrogens with zero attached hydrogens (tertiary/aromatic N) is 1. The Hall–Kier alpha value is -2.43. The third-order valence-corrected chi connectivity index (χ3v) is 3.89. The van der Waals surface area contributed by atoms with Gasteiger partial charge in [-0.15, -0.1) is 0 Å². The van der Waals surface area contributed by atoms with Crippen LogP contribution < -0.4 is 16.2 Å². The highest BCUT2D eigenvalue weighted by atomic mass is 16.5. The zero-order chi connectivity index (χ0) is 18.7. The van der Waals surface area contributed by atoms with E-state index in [0.29, 0.717) is 13.0 Å². The van der Waals surface area contributed by atoms with E-state index in [-0.39, 0.29) is 11.8 Å². The lowest BCUT2D eigenvalue weighted by Crippen LogP contribution is -2.16. The molecule has 3 rings (SSSR count). The van der Waals surface area contributed by atoms with Crippen LogP contribution in [0, 0.1) is 0 Å². The number of para-hydroxylation sites is 1. The molecule has 1 atom stereocenters. The standard InChI is InChI=1S/C19H21N3O/c1-23-14-8-6-13(7-9-14)19-12-16(17(21)10-11-20)15-4-2-3-5-18(15)22-19/h2-9,12,17H,10-11,20-21H2,1H3/i1D3. The number of pyridine rings is 1. The van der Waals surface area contributed by atoms with E-state index in [1.54, 1.807) is 24.3 Å². The topological polar surface area (TPSA) is 74.2 Å². The van der Waals surface area contributed by atoms with Gasteiger partial charge in [-0.1, -0.05) is 18.2 Å². The second kappa shape index (κ2) is 6.77. The number of hydrogen-bond acceptors (Lipinski definition) is 4. The molecule has 2 aromatic carbocycles. The molecule has 0 radical (unpaired) electrons. The van der Waals surface area contributed by atoms with E-state index in [2.05, 4.69) is 0 Å². The summed E-state index contributed by atoms with van der Waals surface area (Å²) in [4.78, 5) is 4.71. The van der Waals surface area contributed by atoms with E-state index in [4.69, 9.17) is 25.3 Å². The van der Waals surface area contributed by atoms with Gasteiger partial charge in [-0.05, 0) is 54.9 Å². The number of hydrogen-bond donors (Lipinski definition) is 2. The van der Waals surface area contributed by atoms with E-state index in [9.17, 15) is 0 Å². The summed E-state index contributed by atoms with van der Waals surface area (Å²) in [5.41, 5.74) is 15.5. The van der Waals surface area contributed by atoms with Crippen molar-refractivity contribution in [2.24, 2.45) is 11.5 Å². The van der Waals surface area contributed by atoms with E-state index in [0.717, 1.165) is 27.7 Å². The monoisotopic (exact) mass is 310 g/mol. The molecule has 1 heterocycles. The maximum absolute atomic E-state index is 7.17. The van der Waals surface area contributed by atoms with Gasteiger partial charge in [-0.25, -0.2) is 4.98 Å². The van der Waals surface area contributed by atoms with Crippen LogP contribution in [0.2, 0.25) is 0 Å². The molecule has 4 nitrogen and oxygen atoms in total. The minimum absolute atomic E-state index is 0.176. The Balaban J connectivity index is 2.02. The van der Waals surface area contributed by atoms with Crippen molar-refractivity contribution in [3.8, 4) is 17.0 Å². The van der Waals surface area contributed by atoms with Crippen molar-refractivity contribution in [3.63, 3.8) is 0 Å². The molecular formula is C19H21N3O. The molecule has 4 heteroatoms. The normalized spacial score (nSPS) is 14.8. The number of ether oxygens (including phenoxy) is 1. The van der Waals surface area contributed by atoms with E-state index in [1.807, 2.05) is 30.3 Å². The van der Waals surface area contributed by atoms with E-state index in [1.165, 1.54) is 0 Å². The second-order valence-corrected chi connectivity index (χ2v) is 5.42. The summed E-state index contributed by atoms with van der Waals surface area (Å²) in [6.45, 7) is 0.508. The molecule has 0 amide bonds. The Bertz CT molecular complexity index is 895. The minimum atomic E-state index is -2.47. The van der Waals surface area contributed by atoms with E-state index < -0.39 is 7.04 Å². The van der Waals surface area contributed by atoms with Gasteiger partial charge in [0.05, 0.1) is 22.4 Å². The van der Waals surface area contributed by atoms with Crippen molar-refractivity contribution in [3.05, 3.63) is 60.2 Å². The highest BCUT2D eigenvalue weighted by molar-refractivity contribution is 5.85. The Morgan fingerprint density at radius 3 is 2.70 bits per heavy atom. The summed E-state index contributed by atoms with van der Waals surface area (Å²) in [5, 5.41) is 1.01. The van der Waals surface area contributed by atoms with Crippen molar-refractivity contribution in [2.75, 3.05) is 13.6 Å². The minimum Gasteiger partial charge on any atom is -0.497 e. The molecule has 0 aliphatic carbocycles. The first kappa shape index (κ1) is 12.0. The predicted octanol–water partition coefficient (Wildman–Crippen LogP) is 3.26. The third kappa shape index (κ3) is 3.18. The summed E-state index contributed by atoms with van der Waals surface area (Å²) >= 11 is 0. The fraction of sp³-hybridized carbons (Fsp3) is 0.211. The van der Waals surface area contributed by atoms with Crippen LogP contribution >= 0.6 is 0 Å². The van der Waals surface area contributed by atoms with Gasteiger partial charge in [-0.3, -0.25) is 0 Å². The molecule has 3 aromatic rings. The molecule has 4 N–H and O–H groups in total. The van der Waals surface area contributed by atoms with Gasteiger partial charge in [0.2, 0.25) is 0 Å². The van der Waals surface area contributed by atoms with Gasteiger partial charge >= 0.3 is 0 Å². The lowest BCUT2D eigenvalue weighted by molar-refractivity contribution is 0.415. The average Bonchev–Trinajstić information content (AvgIpc) is 2.60. The summed E-state index contributed by atoms with van der Waals surface area (Å²) in [7, 11) is -2.47. The molecule has 1 aromatic heterocycles. The highest BCUT2D eigenvalue weighted by Crippen LogP contribution is 2.29. The Kier molecular flexibility index (Phi) is 3.55. The van der Waals surface area contributed by atoms with Crippen LogP contribution in [0.3, 0.4) is 0 Å². The zero-order valence-electron chi connectivity index (χ0n) is 15.7. The van der Waals surface area contributed by atoms with Gasteiger partial charge < -0.3 is 16.2 Å². The van der Waals surface area contributed by atoms with Crippen LogP contribution in [0.5, 0.6) is 5.75 Å². The number of rotatable bonds is 5. The maximum Gasteiger partial charge on any atom is 0.118 e. The van der Waals surface area contributed by atoms with Crippen LogP contribution in [-0.2, 0) is 0 Å². The van der Waals surface area contributed by atoms with Crippen molar-refractivity contribution in [1.82, 2.24) is 4.98 Å². The Morgan fingerprint density at radius 1 is 1.17 bits per heavy atom. The molecule has 118 valence electrons. The molecule has 0 fully saturated rings. The van der Waals surface area contributed by atoms with E-state index >= 15 is 0 Å².